The average molecular weight is 363 g/mol. The Kier molecular flexibility index (Phi) is 9.44. The van der Waals surface area contributed by atoms with E-state index >= 15 is 0 Å². The van der Waals surface area contributed by atoms with Gasteiger partial charge in [-0.3, -0.25) is 4.90 Å². The second-order valence-corrected chi connectivity index (χ2v) is 6.59. The molecule has 1 aliphatic heterocycles. The van der Waals surface area contributed by atoms with Crippen LogP contribution in [0.2, 0.25) is 0 Å². The zero-order valence-corrected chi connectivity index (χ0v) is 15.6. The maximum absolute atomic E-state index is 9.10. The molecule has 0 saturated carbocycles. The van der Waals surface area contributed by atoms with Gasteiger partial charge in [0, 0.05) is 6.54 Å². The highest BCUT2D eigenvalue weighted by molar-refractivity contribution is 6.27. The van der Waals surface area contributed by atoms with Crippen molar-refractivity contribution in [1.82, 2.24) is 4.90 Å². The van der Waals surface area contributed by atoms with Crippen LogP contribution in [-0.2, 0) is 16.0 Å². The van der Waals surface area contributed by atoms with Gasteiger partial charge in [0.25, 0.3) is 0 Å². The van der Waals surface area contributed by atoms with Crippen LogP contribution in [0.25, 0.3) is 0 Å². The lowest BCUT2D eigenvalue weighted by Crippen LogP contribution is -2.35. The number of carbonyl (C=O) groups is 2. The predicted molar refractivity (Wildman–Crippen MR) is 101 cm³/mol. The minimum absolute atomic E-state index is 0.779. The molecular formula is C20H29NO5. The molecule has 1 aliphatic rings. The molecule has 2 N–H and O–H groups in total. The fourth-order valence-electron chi connectivity index (χ4n) is 2.73. The van der Waals surface area contributed by atoms with Gasteiger partial charge >= 0.3 is 11.9 Å². The van der Waals surface area contributed by atoms with Crippen molar-refractivity contribution in [2.75, 3.05) is 26.2 Å². The quantitative estimate of drug-likeness (QED) is 0.597. The summed E-state index contributed by atoms with van der Waals surface area (Å²) < 4.78 is 5.98. The number of hydrogen-bond donors (Lipinski definition) is 2. The van der Waals surface area contributed by atoms with E-state index < -0.39 is 11.9 Å². The van der Waals surface area contributed by atoms with E-state index in [2.05, 4.69) is 43.5 Å². The van der Waals surface area contributed by atoms with Gasteiger partial charge in [0.2, 0.25) is 0 Å². The van der Waals surface area contributed by atoms with Crippen LogP contribution in [0.3, 0.4) is 0 Å². The molecule has 0 atom stereocenters. The summed E-state index contributed by atoms with van der Waals surface area (Å²) in [5, 5.41) is 14.8. The van der Waals surface area contributed by atoms with Gasteiger partial charge in [0.05, 0.1) is 0 Å². The van der Waals surface area contributed by atoms with Crippen molar-refractivity contribution >= 4 is 11.9 Å². The number of carboxylic acid groups (broad SMARTS) is 2. The Hall–Kier alpha value is -2.34. The lowest BCUT2D eigenvalue weighted by atomic mass is 9.99. The van der Waals surface area contributed by atoms with E-state index in [1.807, 2.05) is 6.08 Å². The Morgan fingerprint density at radius 1 is 1.27 bits per heavy atom. The zero-order valence-electron chi connectivity index (χ0n) is 15.6. The predicted octanol–water partition coefficient (Wildman–Crippen LogP) is 2.99. The lowest BCUT2D eigenvalue weighted by Gasteiger charge is -2.30. The van der Waals surface area contributed by atoms with Crippen LogP contribution in [-0.4, -0.2) is 53.3 Å². The summed E-state index contributed by atoms with van der Waals surface area (Å²) in [5.74, 6) is -1.74. The Bertz CT molecular complexity index is 594. The lowest BCUT2D eigenvalue weighted by molar-refractivity contribution is -0.159. The van der Waals surface area contributed by atoms with Gasteiger partial charge in [0.15, 0.2) is 0 Å². The Morgan fingerprint density at radius 2 is 1.88 bits per heavy atom. The Balaban J connectivity index is 0.000000487. The highest BCUT2D eigenvalue weighted by Gasteiger charge is 2.15. The van der Waals surface area contributed by atoms with Gasteiger partial charge in [-0.15, -0.1) is 6.58 Å². The second kappa shape index (κ2) is 11.3. The summed E-state index contributed by atoms with van der Waals surface area (Å²) in [6.45, 7) is 12.5. The molecule has 1 fully saturated rings. The number of benzene rings is 1. The standard InChI is InChI=1S/C18H27NO.C2H2O4/c1-4-5-17-14-16(3)6-7-18(17)20-13-12-19-10-8-15(2)9-11-19;3-1(4)2(5)6/h4,6-7,14-15H,1,5,8-13H2,2-3H3;(H,3,4)(H,5,6). The molecule has 26 heavy (non-hydrogen) atoms. The summed E-state index contributed by atoms with van der Waals surface area (Å²) >= 11 is 0. The number of allylic oxidation sites excluding steroid dienone is 1. The molecular weight excluding hydrogens is 334 g/mol. The van der Waals surface area contributed by atoms with Crippen LogP contribution in [0.4, 0.5) is 0 Å². The van der Waals surface area contributed by atoms with Gasteiger partial charge in [-0.1, -0.05) is 30.7 Å². The third-order valence-electron chi connectivity index (χ3n) is 4.30. The number of piperidine rings is 1. The molecule has 1 aromatic carbocycles. The normalized spacial score (nSPS) is 14.8. The van der Waals surface area contributed by atoms with Crippen molar-refractivity contribution < 1.29 is 24.5 Å². The summed E-state index contributed by atoms with van der Waals surface area (Å²) in [6.07, 6.45) is 5.46. The SMILES string of the molecule is C=CCc1cc(C)ccc1OCCN1CCC(C)CC1.O=C(O)C(=O)O. The van der Waals surface area contributed by atoms with Crippen LogP contribution in [0.1, 0.15) is 30.9 Å². The van der Waals surface area contributed by atoms with E-state index in [4.69, 9.17) is 24.5 Å². The van der Waals surface area contributed by atoms with Crippen molar-refractivity contribution in [3.63, 3.8) is 0 Å². The average Bonchev–Trinajstić information content (AvgIpc) is 2.59. The Morgan fingerprint density at radius 3 is 2.42 bits per heavy atom. The minimum Gasteiger partial charge on any atom is -0.492 e. The minimum atomic E-state index is -1.82. The second-order valence-electron chi connectivity index (χ2n) is 6.59. The number of nitrogens with zero attached hydrogens (tertiary/aromatic N) is 1. The first-order valence-corrected chi connectivity index (χ1v) is 8.85. The number of likely N-dealkylation sites (tertiary alicyclic amines) is 1. The largest absolute Gasteiger partial charge is 0.492 e. The fraction of sp³-hybridized carbons (Fsp3) is 0.500. The smallest absolute Gasteiger partial charge is 0.414 e. The highest BCUT2D eigenvalue weighted by atomic mass is 16.5. The van der Waals surface area contributed by atoms with Crippen LogP contribution < -0.4 is 4.74 Å². The van der Waals surface area contributed by atoms with E-state index in [1.54, 1.807) is 0 Å². The van der Waals surface area contributed by atoms with E-state index in [9.17, 15) is 0 Å². The molecule has 1 saturated heterocycles. The van der Waals surface area contributed by atoms with Crippen molar-refractivity contribution in [3.05, 3.63) is 42.0 Å². The van der Waals surface area contributed by atoms with E-state index in [0.29, 0.717) is 0 Å². The molecule has 6 heteroatoms. The zero-order chi connectivity index (χ0) is 19.5. The monoisotopic (exact) mass is 363 g/mol. The molecule has 0 radical (unpaired) electrons. The number of aryl methyl sites for hydroxylation is 1. The Labute approximate surface area is 155 Å². The molecule has 0 amide bonds. The van der Waals surface area contributed by atoms with E-state index in [1.165, 1.54) is 37.1 Å². The third kappa shape index (κ3) is 8.16. The number of hydrogen-bond acceptors (Lipinski definition) is 4. The van der Waals surface area contributed by atoms with Crippen LogP contribution >= 0.6 is 0 Å². The maximum Gasteiger partial charge on any atom is 0.414 e. The first kappa shape index (κ1) is 21.7. The first-order valence-electron chi connectivity index (χ1n) is 8.85. The summed E-state index contributed by atoms with van der Waals surface area (Å²) in [5.41, 5.74) is 2.52. The molecule has 0 aliphatic carbocycles. The highest BCUT2D eigenvalue weighted by Crippen LogP contribution is 2.21. The fourth-order valence-corrected chi connectivity index (χ4v) is 2.73. The van der Waals surface area contributed by atoms with Gasteiger partial charge in [0.1, 0.15) is 12.4 Å². The van der Waals surface area contributed by atoms with Gasteiger partial charge < -0.3 is 14.9 Å². The molecule has 2 rings (SSSR count). The van der Waals surface area contributed by atoms with Crippen molar-refractivity contribution in [1.29, 1.82) is 0 Å². The van der Waals surface area contributed by atoms with Crippen LogP contribution in [0.5, 0.6) is 5.75 Å². The first-order chi connectivity index (χ1) is 12.3. The van der Waals surface area contributed by atoms with Crippen LogP contribution in [0, 0.1) is 12.8 Å². The third-order valence-corrected chi connectivity index (χ3v) is 4.30. The van der Waals surface area contributed by atoms with Crippen LogP contribution in [0.15, 0.2) is 30.9 Å². The molecule has 1 heterocycles. The van der Waals surface area contributed by atoms with Gasteiger partial charge in [-0.05, 0) is 56.8 Å². The summed E-state index contributed by atoms with van der Waals surface area (Å²) in [7, 11) is 0. The number of rotatable bonds is 6. The summed E-state index contributed by atoms with van der Waals surface area (Å²) in [6, 6.07) is 6.40. The van der Waals surface area contributed by atoms with Crippen molar-refractivity contribution in [2.24, 2.45) is 5.92 Å². The molecule has 0 bridgehead atoms. The molecule has 144 valence electrons. The van der Waals surface area contributed by atoms with Crippen molar-refractivity contribution in [2.45, 2.75) is 33.1 Å². The summed E-state index contributed by atoms with van der Waals surface area (Å²) in [4.78, 5) is 20.7. The molecule has 0 unspecified atom stereocenters. The molecule has 0 aromatic heterocycles. The number of carboxylic acids is 2. The van der Waals surface area contributed by atoms with E-state index in [-0.39, 0.29) is 0 Å². The van der Waals surface area contributed by atoms with E-state index in [0.717, 1.165) is 31.2 Å². The molecule has 0 spiro atoms. The molecule has 1 aromatic rings. The van der Waals surface area contributed by atoms with Crippen molar-refractivity contribution in [3.8, 4) is 5.75 Å². The topological polar surface area (TPSA) is 87.1 Å². The van der Waals surface area contributed by atoms with Gasteiger partial charge in [-0.25, -0.2) is 9.59 Å². The van der Waals surface area contributed by atoms with Gasteiger partial charge in [-0.2, -0.15) is 0 Å². The molecule has 6 nitrogen and oxygen atoms in total. The number of aliphatic carboxylic acids is 2. The maximum atomic E-state index is 9.10. The number of ether oxygens (including phenoxy) is 1.